The molecule has 0 N–H and O–H groups in total. The van der Waals surface area contributed by atoms with Crippen molar-refractivity contribution in [1.82, 2.24) is 0 Å². The van der Waals surface area contributed by atoms with Crippen molar-refractivity contribution in [2.24, 2.45) is 10.4 Å². The molecule has 0 amide bonds. The van der Waals surface area contributed by atoms with Crippen molar-refractivity contribution < 1.29 is 19.5 Å². The van der Waals surface area contributed by atoms with Gasteiger partial charge in [0.05, 0.1) is 0 Å². The van der Waals surface area contributed by atoms with Crippen LogP contribution in [0.15, 0.2) is 4.99 Å². The summed E-state index contributed by atoms with van der Waals surface area (Å²) in [5, 5.41) is 4.04. The SMILES string of the molecule is CN=C(CC(C)(C)C)[N-]C.[Rh]. The maximum absolute atomic E-state index is 4.04. The van der Waals surface area contributed by atoms with Gasteiger partial charge in [-0.1, -0.05) is 40.7 Å². The van der Waals surface area contributed by atoms with Gasteiger partial charge in [-0.15, -0.1) is 0 Å². The van der Waals surface area contributed by atoms with Crippen molar-refractivity contribution in [1.29, 1.82) is 0 Å². The van der Waals surface area contributed by atoms with Crippen LogP contribution in [0.25, 0.3) is 5.32 Å². The quantitative estimate of drug-likeness (QED) is 0.385. The van der Waals surface area contributed by atoms with Crippen LogP contribution >= 0.6 is 0 Å². The predicted molar refractivity (Wildman–Crippen MR) is 46.7 cm³/mol. The molecule has 0 aliphatic carbocycles. The summed E-state index contributed by atoms with van der Waals surface area (Å²) in [4.78, 5) is 4.04. The van der Waals surface area contributed by atoms with Gasteiger partial charge in [-0.25, -0.2) is 0 Å². The molecular weight excluding hydrogens is 227 g/mol. The Bertz CT molecular complexity index is 125. The first-order valence-electron chi connectivity index (χ1n) is 3.55. The molecule has 0 fully saturated rings. The third-order valence-electron chi connectivity index (χ3n) is 1.20. The molecule has 0 saturated heterocycles. The molecule has 0 aromatic rings. The van der Waals surface area contributed by atoms with E-state index in [2.05, 4.69) is 31.1 Å². The zero-order chi connectivity index (χ0) is 8.20. The topological polar surface area (TPSA) is 26.5 Å². The fraction of sp³-hybridized carbons (Fsp3) is 0.875. The third kappa shape index (κ3) is 8.00. The molecule has 0 aromatic heterocycles. The Labute approximate surface area is 82.6 Å². The van der Waals surface area contributed by atoms with E-state index in [0.717, 1.165) is 12.3 Å². The molecule has 69 valence electrons. The number of hydrogen-bond acceptors (Lipinski definition) is 1. The van der Waals surface area contributed by atoms with Gasteiger partial charge < -0.3 is 10.3 Å². The molecule has 0 unspecified atom stereocenters. The van der Waals surface area contributed by atoms with Crippen molar-refractivity contribution in [2.45, 2.75) is 27.2 Å². The number of amidine groups is 1. The average molecular weight is 244 g/mol. The van der Waals surface area contributed by atoms with E-state index < -0.39 is 0 Å². The van der Waals surface area contributed by atoms with E-state index in [-0.39, 0.29) is 19.5 Å². The second-order valence-corrected chi connectivity index (χ2v) is 3.60. The monoisotopic (exact) mass is 244 g/mol. The summed E-state index contributed by atoms with van der Waals surface area (Å²) in [7, 11) is 3.57. The van der Waals surface area contributed by atoms with Gasteiger partial charge in [0.15, 0.2) is 0 Å². The molecule has 0 aromatic carbocycles. The summed E-state index contributed by atoms with van der Waals surface area (Å²) in [5.74, 6) is 0.951. The fourth-order valence-electron chi connectivity index (χ4n) is 0.732. The van der Waals surface area contributed by atoms with Gasteiger partial charge >= 0.3 is 0 Å². The number of nitrogens with zero attached hydrogens (tertiary/aromatic N) is 2. The largest absolute Gasteiger partial charge is 0.473 e. The van der Waals surface area contributed by atoms with Gasteiger partial charge in [-0.3, -0.25) is 0 Å². The van der Waals surface area contributed by atoms with Gasteiger partial charge in [0.2, 0.25) is 0 Å². The van der Waals surface area contributed by atoms with Crippen LogP contribution in [-0.2, 0) is 19.5 Å². The molecule has 2 nitrogen and oxygen atoms in total. The minimum Gasteiger partial charge on any atom is -0.473 e. The van der Waals surface area contributed by atoms with E-state index in [4.69, 9.17) is 0 Å². The average Bonchev–Trinajstić information content (AvgIpc) is 1.81. The maximum Gasteiger partial charge on any atom is 0 e. The molecule has 0 aliphatic heterocycles. The van der Waals surface area contributed by atoms with Crippen LogP contribution in [0.5, 0.6) is 0 Å². The van der Waals surface area contributed by atoms with Gasteiger partial charge in [0, 0.05) is 19.5 Å². The van der Waals surface area contributed by atoms with E-state index in [0.29, 0.717) is 5.41 Å². The van der Waals surface area contributed by atoms with Crippen LogP contribution in [0.2, 0.25) is 0 Å². The summed E-state index contributed by atoms with van der Waals surface area (Å²) in [6.07, 6.45) is 0.958. The normalized spacial score (nSPS) is 12.3. The van der Waals surface area contributed by atoms with Crippen LogP contribution < -0.4 is 0 Å². The number of aliphatic imine (C=N–C) groups is 1. The zero-order valence-corrected chi connectivity index (χ0v) is 9.57. The van der Waals surface area contributed by atoms with Gasteiger partial charge in [0.25, 0.3) is 0 Å². The predicted octanol–water partition coefficient (Wildman–Crippen LogP) is 2.45. The first-order valence-corrected chi connectivity index (χ1v) is 3.55. The second-order valence-electron chi connectivity index (χ2n) is 3.60. The Balaban J connectivity index is 0. The molecule has 11 heavy (non-hydrogen) atoms. The minimum absolute atomic E-state index is 0. The Kier molecular flexibility index (Phi) is 7.09. The Hall–Kier alpha value is 0.0934. The van der Waals surface area contributed by atoms with E-state index >= 15 is 0 Å². The summed E-state index contributed by atoms with van der Waals surface area (Å²) in [6, 6.07) is 0. The summed E-state index contributed by atoms with van der Waals surface area (Å²) < 4.78 is 0. The number of rotatable bonds is 1. The second kappa shape index (κ2) is 5.71. The molecule has 0 rings (SSSR count). The van der Waals surface area contributed by atoms with Gasteiger partial charge in [-0.2, -0.15) is 0 Å². The standard InChI is InChI=1S/C8H17N2.Rh/c1-8(2,3)6-7(9-4)10-5;/h6H2,1-5H3;/q-1;. The van der Waals surface area contributed by atoms with Crippen LogP contribution in [0.1, 0.15) is 27.2 Å². The Morgan fingerprint density at radius 3 is 1.91 bits per heavy atom. The van der Waals surface area contributed by atoms with Crippen LogP contribution in [0.3, 0.4) is 0 Å². The first-order chi connectivity index (χ1) is 4.49. The Morgan fingerprint density at radius 1 is 1.36 bits per heavy atom. The van der Waals surface area contributed by atoms with Crippen LogP contribution in [-0.4, -0.2) is 19.9 Å². The summed E-state index contributed by atoms with van der Waals surface area (Å²) >= 11 is 0. The minimum atomic E-state index is 0. The van der Waals surface area contributed by atoms with E-state index in [1.165, 1.54) is 0 Å². The van der Waals surface area contributed by atoms with Crippen LogP contribution in [0, 0.1) is 5.41 Å². The van der Waals surface area contributed by atoms with E-state index in [1.807, 2.05) is 0 Å². The molecule has 0 aliphatic rings. The van der Waals surface area contributed by atoms with Crippen LogP contribution in [0.4, 0.5) is 0 Å². The zero-order valence-electron chi connectivity index (χ0n) is 7.93. The van der Waals surface area contributed by atoms with Crippen molar-refractivity contribution in [3.05, 3.63) is 5.32 Å². The molecule has 0 bridgehead atoms. The molecule has 1 radical (unpaired) electrons. The molecule has 0 spiro atoms. The molecular formula is C8H17N2Rh-. The maximum atomic E-state index is 4.04. The molecule has 0 saturated carbocycles. The fourth-order valence-corrected chi connectivity index (χ4v) is 0.732. The molecule has 3 heteroatoms. The first kappa shape index (κ1) is 13.7. The van der Waals surface area contributed by atoms with Crippen molar-refractivity contribution in [2.75, 3.05) is 14.1 Å². The van der Waals surface area contributed by atoms with E-state index in [1.54, 1.807) is 14.1 Å². The molecule has 0 heterocycles. The molecule has 0 atom stereocenters. The Morgan fingerprint density at radius 2 is 1.82 bits per heavy atom. The van der Waals surface area contributed by atoms with Crippen molar-refractivity contribution in [3.8, 4) is 0 Å². The summed E-state index contributed by atoms with van der Waals surface area (Å²) in [5.41, 5.74) is 0.300. The van der Waals surface area contributed by atoms with Crippen molar-refractivity contribution >= 4 is 5.84 Å². The van der Waals surface area contributed by atoms with Crippen molar-refractivity contribution in [3.63, 3.8) is 0 Å². The van der Waals surface area contributed by atoms with E-state index in [9.17, 15) is 0 Å². The summed E-state index contributed by atoms with van der Waals surface area (Å²) in [6.45, 7) is 6.55. The van der Waals surface area contributed by atoms with Gasteiger partial charge in [0.1, 0.15) is 0 Å². The van der Waals surface area contributed by atoms with Gasteiger partial charge in [-0.05, 0) is 11.8 Å². The smallest absolute Gasteiger partial charge is 0 e. The third-order valence-corrected chi connectivity index (χ3v) is 1.20. The number of hydrogen-bond donors (Lipinski definition) is 0.